The van der Waals surface area contributed by atoms with E-state index in [2.05, 4.69) is 12.1 Å². The van der Waals surface area contributed by atoms with Crippen LogP contribution in [0.25, 0.3) is 0 Å². The molecular weight excluding hydrogens is 258 g/mol. The molecule has 2 aromatic rings. The molecule has 0 heterocycles. The van der Waals surface area contributed by atoms with Crippen molar-refractivity contribution in [3.63, 3.8) is 0 Å². The summed E-state index contributed by atoms with van der Waals surface area (Å²) in [6.45, 7) is 0.713. The Labute approximate surface area is 121 Å². The summed E-state index contributed by atoms with van der Waals surface area (Å²) in [7, 11) is 0. The fourth-order valence-electron chi connectivity index (χ4n) is 1.88. The topological polar surface area (TPSA) is 35.2 Å². The van der Waals surface area contributed by atoms with Gasteiger partial charge in [-0.05, 0) is 30.5 Å². The van der Waals surface area contributed by atoms with Gasteiger partial charge in [0.1, 0.15) is 5.75 Å². The monoisotopic (exact) mass is 277 g/mol. The highest BCUT2D eigenvalue weighted by Gasteiger charge is 2.04. The molecular formula is C16H20ClNO. The summed E-state index contributed by atoms with van der Waals surface area (Å²) in [6.07, 6.45) is 1.90. The molecule has 0 aliphatic carbocycles. The van der Waals surface area contributed by atoms with E-state index in [4.69, 9.17) is 10.5 Å². The van der Waals surface area contributed by atoms with Crippen molar-refractivity contribution < 1.29 is 4.74 Å². The van der Waals surface area contributed by atoms with Crippen molar-refractivity contribution in [1.29, 1.82) is 0 Å². The maximum atomic E-state index is 6.12. The van der Waals surface area contributed by atoms with Gasteiger partial charge < -0.3 is 10.5 Å². The number of nitrogens with two attached hydrogens (primary N) is 1. The van der Waals surface area contributed by atoms with Crippen LogP contribution in [0.2, 0.25) is 0 Å². The number of para-hydroxylation sites is 1. The van der Waals surface area contributed by atoms with Gasteiger partial charge in [-0.15, -0.1) is 12.4 Å². The number of hydrogen-bond acceptors (Lipinski definition) is 2. The molecule has 3 heteroatoms. The third-order valence-corrected chi connectivity index (χ3v) is 2.90. The van der Waals surface area contributed by atoms with Crippen LogP contribution < -0.4 is 10.5 Å². The normalized spacial score (nSPS) is 11.4. The molecule has 2 N–H and O–H groups in total. The minimum absolute atomic E-state index is 0. The molecule has 0 aliphatic heterocycles. The first-order chi connectivity index (χ1) is 8.86. The zero-order valence-corrected chi connectivity index (χ0v) is 11.7. The highest BCUT2D eigenvalue weighted by molar-refractivity contribution is 5.85. The van der Waals surface area contributed by atoms with Crippen LogP contribution in [0.3, 0.4) is 0 Å². The minimum atomic E-state index is 0. The van der Waals surface area contributed by atoms with Crippen LogP contribution in [0.5, 0.6) is 5.75 Å². The van der Waals surface area contributed by atoms with Crippen molar-refractivity contribution in [3.05, 3.63) is 66.2 Å². The maximum Gasteiger partial charge on any atom is 0.119 e. The second-order valence-electron chi connectivity index (χ2n) is 4.32. The third kappa shape index (κ3) is 5.33. The summed E-state index contributed by atoms with van der Waals surface area (Å²) in [5.41, 5.74) is 7.31. The van der Waals surface area contributed by atoms with E-state index in [9.17, 15) is 0 Å². The average molecular weight is 278 g/mol. The van der Waals surface area contributed by atoms with Crippen molar-refractivity contribution in [1.82, 2.24) is 0 Å². The van der Waals surface area contributed by atoms with E-state index in [1.807, 2.05) is 48.5 Å². The van der Waals surface area contributed by atoms with Gasteiger partial charge in [-0.1, -0.05) is 48.5 Å². The molecule has 1 unspecified atom stereocenters. The number of hydrogen-bond donors (Lipinski definition) is 1. The first kappa shape index (κ1) is 15.5. The molecule has 2 nitrogen and oxygen atoms in total. The van der Waals surface area contributed by atoms with Crippen LogP contribution in [-0.4, -0.2) is 6.61 Å². The highest BCUT2D eigenvalue weighted by Crippen LogP contribution is 2.16. The molecule has 19 heavy (non-hydrogen) atoms. The first-order valence-corrected chi connectivity index (χ1v) is 6.34. The van der Waals surface area contributed by atoms with Gasteiger partial charge in [0.05, 0.1) is 6.61 Å². The van der Waals surface area contributed by atoms with Crippen LogP contribution in [0.1, 0.15) is 24.4 Å². The Morgan fingerprint density at radius 2 is 1.47 bits per heavy atom. The zero-order valence-electron chi connectivity index (χ0n) is 10.9. The lowest BCUT2D eigenvalue weighted by Crippen LogP contribution is -2.11. The summed E-state index contributed by atoms with van der Waals surface area (Å²) in [6, 6.07) is 20.2. The number of benzene rings is 2. The summed E-state index contributed by atoms with van der Waals surface area (Å²) in [5.74, 6) is 0.922. The van der Waals surface area contributed by atoms with Crippen LogP contribution in [0.15, 0.2) is 60.7 Å². The van der Waals surface area contributed by atoms with E-state index in [0.29, 0.717) is 6.61 Å². The van der Waals surface area contributed by atoms with Gasteiger partial charge in [0.15, 0.2) is 0 Å². The molecule has 0 spiro atoms. The van der Waals surface area contributed by atoms with Gasteiger partial charge in [-0.2, -0.15) is 0 Å². The summed E-state index contributed by atoms with van der Waals surface area (Å²) < 4.78 is 5.64. The summed E-state index contributed by atoms with van der Waals surface area (Å²) in [5, 5.41) is 0. The van der Waals surface area contributed by atoms with Gasteiger partial charge in [0.2, 0.25) is 0 Å². The molecule has 0 fully saturated rings. The molecule has 2 aromatic carbocycles. The highest BCUT2D eigenvalue weighted by atomic mass is 35.5. The van der Waals surface area contributed by atoms with E-state index in [0.717, 1.165) is 18.6 Å². The average Bonchev–Trinajstić information content (AvgIpc) is 2.45. The molecule has 0 bridgehead atoms. The lowest BCUT2D eigenvalue weighted by Gasteiger charge is -2.12. The van der Waals surface area contributed by atoms with Crippen molar-refractivity contribution in [2.45, 2.75) is 18.9 Å². The molecule has 0 aromatic heterocycles. The quantitative estimate of drug-likeness (QED) is 0.811. The first-order valence-electron chi connectivity index (χ1n) is 6.34. The van der Waals surface area contributed by atoms with Gasteiger partial charge in [-0.25, -0.2) is 0 Å². The molecule has 0 aliphatic rings. The number of ether oxygens (including phenoxy) is 1. The zero-order chi connectivity index (χ0) is 12.6. The Morgan fingerprint density at radius 3 is 2.11 bits per heavy atom. The van der Waals surface area contributed by atoms with Crippen LogP contribution in [0, 0.1) is 0 Å². The maximum absolute atomic E-state index is 6.12. The fourth-order valence-corrected chi connectivity index (χ4v) is 1.88. The van der Waals surface area contributed by atoms with Crippen molar-refractivity contribution in [2.75, 3.05) is 6.61 Å². The molecule has 102 valence electrons. The van der Waals surface area contributed by atoms with Gasteiger partial charge in [0, 0.05) is 6.04 Å². The SMILES string of the molecule is Cl.NC(CCCOc1ccccc1)c1ccccc1. The van der Waals surface area contributed by atoms with Crippen LogP contribution in [-0.2, 0) is 0 Å². The standard InChI is InChI=1S/C16H19NO.ClH/c17-16(14-8-3-1-4-9-14)12-7-13-18-15-10-5-2-6-11-15;/h1-6,8-11,16H,7,12-13,17H2;1H. The molecule has 0 saturated carbocycles. The third-order valence-electron chi connectivity index (χ3n) is 2.90. The molecule has 0 amide bonds. The Bertz CT molecular complexity index is 447. The smallest absolute Gasteiger partial charge is 0.119 e. The van der Waals surface area contributed by atoms with E-state index in [1.165, 1.54) is 5.56 Å². The largest absolute Gasteiger partial charge is 0.494 e. The van der Waals surface area contributed by atoms with Gasteiger partial charge in [-0.3, -0.25) is 0 Å². The number of rotatable bonds is 6. The minimum Gasteiger partial charge on any atom is -0.494 e. The van der Waals surface area contributed by atoms with Crippen molar-refractivity contribution in [2.24, 2.45) is 5.73 Å². The summed E-state index contributed by atoms with van der Waals surface area (Å²) >= 11 is 0. The summed E-state index contributed by atoms with van der Waals surface area (Å²) in [4.78, 5) is 0. The Morgan fingerprint density at radius 1 is 0.895 bits per heavy atom. The number of halogens is 1. The molecule has 2 rings (SSSR count). The Balaban J connectivity index is 0.00000180. The lowest BCUT2D eigenvalue weighted by atomic mass is 10.0. The predicted molar refractivity (Wildman–Crippen MR) is 81.8 cm³/mol. The van der Waals surface area contributed by atoms with Crippen molar-refractivity contribution >= 4 is 12.4 Å². The van der Waals surface area contributed by atoms with E-state index in [1.54, 1.807) is 0 Å². The molecule has 1 atom stereocenters. The van der Waals surface area contributed by atoms with Crippen LogP contribution >= 0.6 is 12.4 Å². The second kappa shape index (κ2) is 8.57. The van der Waals surface area contributed by atoms with Gasteiger partial charge in [0.25, 0.3) is 0 Å². The Kier molecular flexibility index (Phi) is 7.01. The fraction of sp³-hybridized carbons (Fsp3) is 0.250. The second-order valence-corrected chi connectivity index (χ2v) is 4.32. The predicted octanol–water partition coefficient (Wildman–Crippen LogP) is 3.97. The van der Waals surface area contributed by atoms with Gasteiger partial charge >= 0.3 is 0 Å². The lowest BCUT2D eigenvalue weighted by molar-refractivity contribution is 0.302. The van der Waals surface area contributed by atoms with E-state index >= 15 is 0 Å². The Hall–Kier alpha value is -1.51. The van der Waals surface area contributed by atoms with Crippen molar-refractivity contribution in [3.8, 4) is 5.75 Å². The van der Waals surface area contributed by atoms with Crippen LogP contribution in [0.4, 0.5) is 0 Å². The van der Waals surface area contributed by atoms with E-state index < -0.39 is 0 Å². The molecule has 0 saturated heterocycles. The van der Waals surface area contributed by atoms with E-state index in [-0.39, 0.29) is 18.4 Å². The molecule has 0 radical (unpaired) electrons.